The molecule has 33 heavy (non-hydrogen) atoms. The Kier molecular flexibility index (Phi) is 6.81. The van der Waals surface area contributed by atoms with Gasteiger partial charge in [-0.15, -0.1) is 0 Å². The molecule has 1 fully saturated rings. The second kappa shape index (κ2) is 9.61. The lowest BCUT2D eigenvalue weighted by atomic mass is 9.70. The number of rotatable bonds is 6. The fourth-order valence-electron chi connectivity index (χ4n) is 4.72. The van der Waals surface area contributed by atoms with Crippen molar-refractivity contribution in [3.8, 4) is 17.6 Å². The van der Waals surface area contributed by atoms with Gasteiger partial charge in [-0.25, -0.2) is 0 Å². The van der Waals surface area contributed by atoms with Crippen molar-refractivity contribution in [2.75, 3.05) is 20.8 Å². The summed E-state index contributed by atoms with van der Waals surface area (Å²) in [5, 5.41) is 3.81. The molecule has 2 aromatic carbocycles. The van der Waals surface area contributed by atoms with E-state index in [4.69, 9.17) is 9.47 Å². The first-order valence-corrected chi connectivity index (χ1v) is 12.0. The number of benzene rings is 2. The van der Waals surface area contributed by atoms with Crippen molar-refractivity contribution < 1.29 is 14.3 Å². The van der Waals surface area contributed by atoms with Crippen LogP contribution >= 0.6 is 0 Å². The Balaban J connectivity index is 1.61. The number of ether oxygens (including phenoxy) is 2. The van der Waals surface area contributed by atoms with Crippen molar-refractivity contribution in [1.29, 1.82) is 0 Å². The van der Waals surface area contributed by atoms with Gasteiger partial charge in [0.1, 0.15) is 5.75 Å². The van der Waals surface area contributed by atoms with Crippen LogP contribution in [0, 0.1) is 17.8 Å². The number of carbonyl (C=O) groups is 1. The summed E-state index contributed by atoms with van der Waals surface area (Å²) in [7, 11) is 3.17. The first-order chi connectivity index (χ1) is 15.8. The van der Waals surface area contributed by atoms with Crippen LogP contribution in [0.1, 0.15) is 86.2 Å². The molecule has 0 saturated heterocycles. The van der Waals surface area contributed by atoms with Gasteiger partial charge in [0.25, 0.3) is 0 Å². The van der Waals surface area contributed by atoms with Gasteiger partial charge in [0, 0.05) is 22.7 Å². The highest BCUT2D eigenvalue weighted by molar-refractivity contribution is 5.77. The molecule has 4 rings (SSSR count). The Morgan fingerprint density at radius 2 is 1.79 bits per heavy atom. The summed E-state index contributed by atoms with van der Waals surface area (Å²) >= 11 is 0. The highest BCUT2D eigenvalue weighted by Crippen LogP contribution is 2.46. The maximum Gasteiger partial charge on any atom is 0.312 e. The normalized spacial score (nSPS) is 19.6. The molecule has 0 aromatic heterocycles. The molecule has 0 spiro atoms. The van der Waals surface area contributed by atoms with E-state index in [1.807, 2.05) is 31.2 Å². The first-order valence-electron chi connectivity index (χ1n) is 12.0. The molecule has 4 heteroatoms. The van der Waals surface area contributed by atoms with E-state index in [1.165, 1.54) is 31.1 Å². The minimum Gasteiger partial charge on any atom is -0.496 e. The van der Waals surface area contributed by atoms with E-state index >= 15 is 0 Å². The molecule has 0 heterocycles. The SMILES string of the molecule is COC(=O)C(C)c1ccc(C#Cc2cc(OC)c3c(c2)C(C)(C)CCC3NCC2CC2)cc1. The van der Waals surface area contributed by atoms with E-state index in [0.717, 1.165) is 47.7 Å². The molecular weight excluding hydrogens is 410 g/mol. The Morgan fingerprint density at radius 1 is 1.09 bits per heavy atom. The van der Waals surface area contributed by atoms with Crippen LogP contribution in [-0.4, -0.2) is 26.7 Å². The van der Waals surface area contributed by atoms with E-state index in [9.17, 15) is 4.79 Å². The lowest BCUT2D eigenvalue weighted by molar-refractivity contribution is -0.141. The molecule has 0 radical (unpaired) electrons. The third kappa shape index (κ3) is 5.25. The number of nitrogens with one attached hydrogen (secondary N) is 1. The zero-order valence-electron chi connectivity index (χ0n) is 20.5. The summed E-state index contributed by atoms with van der Waals surface area (Å²) < 4.78 is 10.7. The number of esters is 1. The molecule has 0 bridgehead atoms. The van der Waals surface area contributed by atoms with E-state index in [-0.39, 0.29) is 17.3 Å². The smallest absolute Gasteiger partial charge is 0.312 e. The van der Waals surface area contributed by atoms with Crippen LogP contribution in [0.3, 0.4) is 0 Å². The van der Waals surface area contributed by atoms with E-state index in [2.05, 4.69) is 43.1 Å². The average Bonchev–Trinajstić information content (AvgIpc) is 3.66. The molecular formula is C29H35NO3. The van der Waals surface area contributed by atoms with Gasteiger partial charge >= 0.3 is 5.97 Å². The second-order valence-electron chi connectivity index (χ2n) is 10.1. The predicted molar refractivity (Wildman–Crippen MR) is 132 cm³/mol. The topological polar surface area (TPSA) is 47.6 Å². The maximum absolute atomic E-state index is 11.8. The summed E-state index contributed by atoms with van der Waals surface area (Å²) in [4.78, 5) is 11.8. The van der Waals surface area contributed by atoms with Crippen LogP contribution in [0.5, 0.6) is 5.75 Å². The summed E-state index contributed by atoms with van der Waals surface area (Å²) in [6.07, 6.45) is 4.98. The van der Waals surface area contributed by atoms with Crippen molar-refractivity contribution in [3.63, 3.8) is 0 Å². The zero-order valence-corrected chi connectivity index (χ0v) is 20.5. The molecule has 2 aliphatic carbocycles. The van der Waals surface area contributed by atoms with Gasteiger partial charge in [-0.2, -0.15) is 0 Å². The Hall–Kier alpha value is -2.77. The molecule has 2 atom stereocenters. The second-order valence-corrected chi connectivity index (χ2v) is 10.1. The molecule has 2 aromatic rings. The lowest BCUT2D eigenvalue weighted by Crippen LogP contribution is -2.34. The quantitative estimate of drug-likeness (QED) is 0.472. The fraction of sp³-hybridized carbons (Fsp3) is 0.483. The fourth-order valence-corrected chi connectivity index (χ4v) is 4.72. The molecule has 1 N–H and O–H groups in total. The largest absolute Gasteiger partial charge is 0.496 e. The van der Waals surface area contributed by atoms with E-state index in [1.54, 1.807) is 7.11 Å². The van der Waals surface area contributed by atoms with Gasteiger partial charge in [-0.1, -0.05) is 37.8 Å². The Labute approximate surface area is 198 Å². The number of carbonyl (C=O) groups excluding carboxylic acids is 1. The van der Waals surface area contributed by atoms with E-state index in [0.29, 0.717) is 6.04 Å². The first kappa shape index (κ1) is 23.4. The molecule has 4 nitrogen and oxygen atoms in total. The third-order valence-corrected chi connectivity index (χ3v) is 7.16. The van der Waals surface area contributed by atoms with Gasteiger partial charge in [0.05, 0.1) is 20.1 Å². The Morgan fingerprint density at radius 3 is 2.42 bits per heavy atom. The number of hydrogen-bond acceptors (Lipinski definition) is 4. The molecule has 174 valence electrons. The Bertz CT molecular complexity index is 1070. The van der Waals surface area contributed by atoms with Crippen molar-refractivity contribution in [3.05, 3.63) is 64.2 Å². The highest BCUT2D eigenvalue weighted by atomic mass is 16.5. The molecule has 2 unspecified atom stereocenters. The van der Waals surface area contributed by atoms with Crippen LogP contribution in [0.25, 0.3) is 0 Å². The zero-order chi connectivity index (χ0) is 23.6. The monoisotopic (exact) mass is 445 g/mol. The third-order valence-electron chi connectivity index (χ3n) is 7.16. The summed E-state index contributed by atoms with van der Waals surface area (Å²) in [5.41, 5.74) is 5.54. The summed E-state index contributed by atoms with van der Waals surface area (Å²) in [6.45, 7) is 7.59. The van der Waals surface area contributed by atoms with Crippen LogP contribution < -0.4 is 10.1 Å². The lowest BCUT2D eigenvalue weighted by Gasteiger charge is -2.38. The van der Waals surface area contributed by atoms with Gasteiger partial charge in [0.2, 0.25) is 0 Å². The van der Waals surface area contributed by atoms with Crippen molar-refractivity contribution in [2.45, 2.75) is 63.8 Å². The van der Waals surface area contributed by atoms with Crippen LogP contribution in [0.15, 0.2) is 36.4 Å². The van der Waals surface area contributed by atoms with Crippen LogP contribution in [0.2, 0.25) is 0 Å². The highest BCUT2D eigenvalue weighted by Gasteiger charge is 2.36. The predicted octanol–water partition coefficient (Wildman–Crippen LogP) is 5.48. The standard InChI is InChI=1S/C29H35NO3/c1-19(28(31)33-5)23-12-10-20(11-13-23)6-9-22-16-24-27(26(17-22)32-4)25(14-15-29(24,2)3)30-18-21-7-8-21/h10-13,16-17,19,21,25,30H,7-8,14-15,18H2,1-5H3. The molecule has 0 aliphatic heterocycles. The summed E-state index contributed by atoms with van der Waals surface area (Å²) in [6, 6.07) is 12.5. The van der Waals surface area contributed by atoms with E-state index < -0.39 is 0 Å². The molecule has 1 saturated carbocycles. The van der Waals surface area contributed by atoms with Crippen molar-refractivity contribution in [2.24, 2.45) is 5.92 Å². The minimum atomic E-state index is -0.286. The van der Waals surface area contributed by atoms with Gasteiger partial charge in [-0.3, -0.25) is 4.79 Å². The minimum absolute atomic E-state index is 0.0870. The van der Waals surface area contributed by atoms with Gasteiger partial charge in [0.15, 0.2) is 0 Å². The van der Waals surface area contributed by atoms with Crippen molar-refractivity contribution >= 4 is 5.97 Å². The maximum atomic E-state index is 11.8. The number of fused-ring (bicyclic) bond motifs is 1. The number of hydrogen-bond donors (Lipinski definition) is 1. The number of methoxy groups -OCH3 is 2. The molecule has 2 aliphatic rings. The van der Waals surface area contributed by atoms with Gasteiger partial charge < -0.3 is 14.8 Å². The van der Waals surface area contributed by atoms with Crippen LogP contribution in [-0.2, 0) is 14.9 Å². The average molecular weight is 446 g/mol. The van der Waals surface area contributed by atoms with Crippen molar-refractivity contribution in [1.82, 2.24) is 5.32 Å². The summed E-state index contributed by atoms with van der Waals surface area (Å²) in [5.74, 6) is 7.88. The van der Waals surface area contributed by atoms with Gasteiger partial charge in [-0.05, 0) is 85.9 Å². The molecule has 0 amide bonds. The van der Waals surface area contributed by atoms with Crippen LogP contribution in [0.4, 0.5) is 0 Å².